The average Bonchev–Trinajstić information content (AvgIpc) is 2.92. The van der Waals surface area contributed by atoms with Crippen LogP contribution in [0.25, 0.3) is 0 Å². The molecule has 1 aromatic carbocycles. The van der Waals surface area contributed by atoms with E-state index in [0.29, 0.717) is 0 Å². The number of rotatable bonds is 6. The summed E-state index contributed by atoms with van der Waals surface area (Å²) in [5.41, 5.74) is -0.863. The summed E-state index contributed by atoms with van der Waals surface area (Å²) < 4.78 is 34.6. The van der Waals surface area contributed by atoms with E-state index in [1.54, 1.807) is 20.8 Å². The van der Waals surface area contributed by atoms with Crippen LogP contribution in [0.1, 0.15) is 26.3 Å². The van der Waals surface area contributed by atoms with Crippen molar-refractivity contribution < 1.29 is 18.3 Å². The highest BCUT2D eigenvalue weighted by Gasteiger charge is 2.18. The number of hydrogen-bond donors (Lipinski definition) is 1. The molecule has 0 unspecified atom stereocenters. The van der Waals surface area contributed by atoms with Gasteiger partial charge in [-0.25, -0.2) is 14.3 Å². The number of benzene rings is 1. The largest absolute Gasteiger partial charge is 0.444 e. The van der Waals surface area contributed by atoms with Crippen LogP contribution in [0.15, 0.2) is 51.5 Å². The van der Waals surface area contributed by atoms with E-state index >= 15 is 0 Å². The minimum absolute atomic E-state index is 0.244. The minimum Gasteiger partial charge on any atom is -0.444 e. The molecule has 0 bridgehead atoms. The lowest BCUT2D eigenvalue weighted by Gasteiger charge is -2.19. The third kappa shape index (κ3) is 6.29. The molecule has 0 radical (unpaired) electrons. The topological polar surface area (TPSA) is 78.2 Å². The maximum atomic E-state index is 13.2. The molecule has 2 aromatic rings. The highest BCUT2D eigenvalue weighted by Crippen LogP contribution is 2.16. The molecule has 1 N–H and O–H groups in total. The zero-order valence-electron chi connectivity index (χ0n) is 15.7. The Morgan fingerprint density at radius 3 is 2.57 bits per heavy atom. The number of carbonyl (C=O) groups excluding carboxylic acids is 1. The number of amides is 1. The lowest BCUT2D eigenvalue weighted by molar-refractivity contribution is 0.0531. The summed E-state index contributed by atoms with van der Waals surface area (Å²) in [5.74, 6) is 0. The Balaban J connectivity index is 2.07. The standard InChI is InChI=1S/C18H21BrF2N4O3/c1-18(2,3)28-16(26)22-8-13(15(20)21)10-25-17(27)24(11-23-25)9-12-6-4-5-7-14(12)19/h4-7,11H,8-10H2,1-3H3,(H,22,26). The molecule has 1 heterocycles. The molecule has 0 aliphatic rings. The maximum absolute atomic E-state index is 13.2. The van der Waals surface area contributed by atoms with Crippen molar-refractivity contribution in [3.05, 3.63) is 62.8 Å². The van der Waals surface area contributed by atoms with Crippen LogP contribution < -0.4 is 11.0 Å². The van der Waals surface area contributed by atoms with Gasteiger partial charge in [0.25, 0.3) is 6.08 Å². The fourth-order valence-electron chi connectivity index (χ4n) is 2.26. The Labute approximate surface area is 169 Å². The van der Waals surface area contributed by atoms with Gasteiger partial charge in [-0.1, -0.05) is 34.1 Å². The van der Waals surface area contributed by atoms with Crippen molar-refractivity contribution in [1.29, 1.82) is 0 Å². The van der Waals surface area contributed by atoms with E-state index in [2.05, 4.69) is 26.3 Å². The highest BCUT2D eigenvalue weighted by atomic mass is 79.9. The van der Waals surface area contributed by atoms with Gasteiger partial charge in [0.2, 0.25) is 0 Å². The number of hydrogen-bond acceptors (Lipinski definition) is 4. The van der Waals surface area contributed by atoms with Gasteiger partial charge in [-0.2, -0.15) is 13.9 Å². The quantitative estimate of drug-likeness (QED) is 0.717. The first-order valence-electron chi connectivity index (χ1n) is 8.42. The Hall–Kier alpha value is -2.49. The van der Waals surface area contributed by atoms with Gasteiger partial charge in [-0.05, 0) is 32.4 Å². The molecule has 0 aliphatic heterocycles. The fraction of sp³-hybridized carbons (Fsp3) is 0.389. The Kier molecular flexibility index (Phi) is 7.11. The Bertz CT molecular complexity index is 927. The molecule has 1 aromatic heterocycles. The molecule has 0 fully saturated rings. The maximum Gasteiger partial charge on any atom is 0.407 e. The van der Waals surface area contributed by atoms with Gasteiger partial charge in [-0.3, -0.25) is 4.57 Å². The van der Waals surface area contributed by atoms with Crippen molar-refractivity contribution in [2.45, 2.75) is 39.5 Å². The van der Waals surface area contributed by atoms with Crippen LogP contribution in [0.3, 0.4) is 0 Å². The van der Waals surface area contributed by atoms with Crippen LogP contribution in [0.5, 0.6) is 0 Å². The van der Waals surface area contributed by atoms with Crippen molar-refractivity contribution in [2.24, 2.45) is 0 Å². The summed E-state index contributed by atoms with van der Waals surface area (Å²) >= 11 is 3.40. The first-order valence-corrected chi connectivity index (χ1v) is 9.21. The number of alkyl carbamates (subject to hydrolysis) is 1. The summed E-state index contributed by atoms with van der Waals surface area (Å²) in [5, 5.41) is 6.15. The lowest BCUT2D eigenvalue weighted by atomic mass is 10.2. The molecule has 0 saturated carbocycles. The van der Waals surface area contributed by atoms with Gasteiger partial charge in [0.05, 0.1) is 13.1 Å². The first-order chi connectivity index (χ1) is 13.1. The van der Waals surface area contributed by atoms with E-state index in [1.165, 1.54) is 10.9 Å². The van der Waals surface area contributed by atoms with Crippen molar-refractivity contribution in [3.63, 3.8) is 0 Å². The number of nitrogens with one attached hydrogen (secondary N) is 1. The fourth-order valence-corrected chi connectivity index (χ4v) is 2.67. The molecule has 1 amide bonds. The third-order valence-electron chi connectivity index (χ3n) is 3.55. The van der Waals surface area contributed by atoms with Crippen molar-refractivity contribution in [1.82, 2.24) is 19.7 Å². The zero-order valence-corrected chi connectivity index (χ0v) is 17.3. The summed E-state index contributed by atoms with van der Waals surface area (Å²) in [6.45, 7) is 4.33. The molecule has 10 heteroatoms. The number of aromatic nitrogens is 3. The second kappa shape index (κ2) is 9.13. The Morgan fingerprint density at radius 1 is 1.29 bits per heavy atom. The van der Waals surface area contributed by atoms with Crippen molar-refractivity contribution in [3.8, 4) is 0 Å². The highest BCUT2D eigenvalue weighted by molar-refractivity contribution is 9.10. The van der Waals surface area contributed by atoms with Gasteiger partial charge in [0.1, 0.15) is 11.9 Å². The predicted molar refractivity (Wildman–Crippen MR) is 103 cm³/mol. The SMILES string of the molecule is CC(C)(C)OC(=O)NCC(Cn1ncn(Cc2ccccc2Br)c1=O)=C(F)F. The van der Waals surface area contributed by atoms with Crippen LogP contribution in [0.2, 0.25) is 0 Å². The number of carbonyl (C=O) groups is 1. The van der Waals surface area contributed by atoms with Gasteiger partial charge in [0.15, 0.2) is 0 Å². The summed E-state index contributed by atoms with van der Waals surface area (Å²) in [4.78, 5) is 24.1. The van der Waals surface area contributed by atoms with Gasteiger partial charge >= 0.3 is 11.8 Å². The lowest BCUT2D eigenvalue weighted by Crippen LogP contribution is -2.35. The zero-order chi connectivity index (χ0) is 20.9. The molecular formula is C18H21BrF2N4O3. The number of halogens is 3. The first kappa shape index (κ1) is 21.8. The van der Waals surface area contributed by atoms with Crippen LogP contribution in [-0.4, -0.2) is 32.6 Å². The molecule has 2 rings (SSSR count). The third-order valence-corrected chi connectivity index (χ3v) is 4.32. The monoisotopic (exact) mass is 458 g/mol. The van der Waals surface area contributed by atoms with Crippen molar-refractivity contribution >= 4 is 22.0 Å². The minimum atomic E-state index is -1.98. The Morgan fingerprint density at radius 2 is 1.96 bits per heavy atom. The molecular weight excluding hydrogens is 438 g/mol. The van der Waals surface area contributed by atoms with E-state index in [-0.39, 0.29) is 6.54 Å². The van der Waals surface area contributed by atoms with Gasteiger partial charge in [0, 0.05) is 16.6 Å². The second-order valence-electron chi connectivity index (χ2n) is 7.01. The number of ether oxygens (including phenoxy) is 1. The molecule has 152 valence electrons. The van der Waals surface area contributed by atoms with E-state index < -0.39 is 42.1 Å². The summed E-state index contributed by atoms with van der Waals surface area (Å²) in [6, 6.07) is 7.35. The van der Waals surface area contributed by atoms with E-state index in [1.807, 2.05) is 24.3 Å². The van der Waals surface area contributed by atoms with Crippen molar-refractivity contribution in [2.75, 3.05) is 6.54 Å². The van der Waals surface area contributed by atoms with Crippen LogP contribution in [0.4, 0.5) is 13.6 Å². The normalized spacial score (nSPS) is 11.2. The molecule has 0 atom stereocenters. The smallest absolute Gasteiger partial charge is 0.407 e. The summed E-state index contributed by atoms with van der Waals surface area (Å²) in [7, 11) is 0. The molecule has 0 aliphatic carbocycles. The van der Waals surface area contributed by atoms with Crippen LogP contribution in [0, 0.1) is 0 Å². The van der Waals surface area contributed by atoms with E-state index in [9.17, 15) is 18.4 Å². The molecule has 28 heavy (non-hydrogen) atoms. The predicted octanol–water partition coefficient (Wildman–Crippen LogP) is 3.53. The van der Waals surface area contributed by atoms with E-state index in [0.717, 1.165) is 14.7 Å². The van der Waals surface area contributed by atoms with Crippen LogP contribution >= 0.6 is 15.9 Å². The molecule has 0 saturated heterocycles. The van der Waals surface area contributed by atoms with Crippen LogP contribution in [-0.2, 0) is 17.8 Å². The van der Waals surface area contributed by atoms with Gasteiger partial charge in [-0.15, -0.1) is 0 Å². The average molecular weight is 459 g/mol. The molecule has 0 spiro atoms. The van der Waals surface area contributed by atoms with Gasteiger partial charge < -0.3 is 10.1 Å². The van der Waals surface area contributed by atoms with E-state index in [4.69, 9.17) is 4.74 Å². The summed E-state index contributed by atoms with van der Waals surface area (Å²) in [6.07, 6.45) is -1.52. The molecule has 7 nitrogen and oxygen atoms in total. The second-order valence-corrected chi connectivity index (χ2v) is 7.86. The number of nitrogens with zero attached hydrogens (tertiary/aromatic N) is 3.